The van der Waals surface area contributed by atoms with Crippen LogP contribution in [0.1, 0.15) is 115 Å². The summed E-state index contributed by atoms with van der Waals surface area (Å²) in [6.07, 6.45) is 15.8. The number of carbonyl (C=O) groups is 2. The third kappa shape index (κ3) is 52.6. The first-order valence-corrected chi connectivity index (χ1v) is 18.4. The minimum absolute atomic E-state index is 0.184. The Morgan fingerprint density at radius 1 is 0.756 bits per heavy atom. The lowest BCUT2D eigenvalue weighted by molar-refractivity contribution is 0.179. The van der Waals surface area contributed by atoms with Crippen molar-refractivity contribution in [2.45, 2.75) is 115 Å². The highest BCUT2D eigenvalue weighted by atomic mass is 35.5. The second kappa shape index (κ2) is 40.8. The molecule has 45 heavy (non-hydrogen) atoms. The van der Waals surface area contributed by atoms with Crippen LogP contribution in [0.4, 0.5) is 9.59 Å². The normalized spacial score (nSPS) is 12.0. The number of halogens is 1. The van der Waals surface area contributed by atoms with Gasteiger partial charge >= 0.3 is 10.7 Å². The van der Waals surface area contributed by atoms with Gasteiger partial charge in [-0.05, 0) is 125 Å². The summed E-state index contributed by atoms with van der Waals surface area (Å²) in [5.74, 6) is 1.57. The van der Waals surface area contributed by atoms with Crippen LogP contribution in [0.5, 0.6) is 0 Å². The van der Waals surface area contributed by atoms with Crippen LogP contribution in [0.2, 0.25) is 0 Å². The van der Waals surface area contributed by atoms with E-state index in [0.717, 1.165) is 31.8 Å². The summed E-state index contributed by atoms with van der Waals surface area (Å²) < 4.78 is 13.9. The predicted molar refractivity (Wildman–Crippen MR) is 205 cm³/mol. The fourth-order valence-corrected chi connectivity index (χ4v) is 4.37. The number of thioether (sulfide) groups is 1. The number of allylic oxidation sites excluding steroid dienone is 6. The van der Waals surface area contributed by atoms with E-state index in [2.05, 4.69) is 109 Å². The van der Waals surface area contributed by atoms with Crippen molar-refractivity contribution >= 4 is 46.7 Å². The summed E-state index contributed by atoms with van der Waals surface area (Å²) in [4.78, 5) is 23.0. The molecule has 1 saturated heterocycles. The Labute approximate surface area is 293 Å². The first-order valence-electron chi connectivity index (χ1n) is 16.4. The number of hydrogen-bond acceptors (Lipinski definition) is 8. The molecule has 1 rings (SSSR count). The van der Waals surface area contributed by atoms with Crippen LogP contribution in [0, 0.1) is 0 Å². The molecular formula is C36H68ClNO5S2. The van der Waals surface area contributed by atoms with Gasteiger partial charge in [0.05, 0.1) is 13.2 Å². The maximum atomic E-state index is 11.0. The van der Waals surface area contributed by atoms with E-state index in [1.165, 1.54) is 79.4 Å². The van der Waals surface area contributed by atoms with Gasteiger partial charge in [-0.15, -0.1) is 0 Å². The van der Waals surface area contributed by atoms with Gasteiger partial charge in [0.1, 0.15) is 0 Å². The standard InChI is InChI=1S/C13H22O2S.C10H18S.C6H15N.C4H8O.C3H5ClO2/c1-5-15-13(14)16-10-9-12(4)8-6-7-11(2)3;1-9(2)5-4-6-10(3)7-8-11;1-4-7(5-2)6-3;1-2-4-5-3-1;1-2-6-3(4)5/h7,9H,5-6,8,10H2,1-4H3;5,7,11H,4,6,8H2,1-3H3;4-6H2,1-3H3;1-4H2;2H2,1H3/b12-9+;10-7+;;;. The Balaban J connectivity index is -0.000000251. The van der Waals surface area contributed by atoms with Gasteiger partial charge in [0, 0.05) is 36.3 Å². The number of rotatable bonds is 14. The van der Waals surface area contributed by atoms with E-state index in [-0.39, 0.29) is 5.30 Å². The average molecular weight is 695 g/mol. The van der Waals surface area contributed by atoms with Crippen molar-refractivity contribution in [2.24, 2.45) is 0 Å². The fraction of sp³-hybridized carbons (Fsp3) is 0.722. The lowest BCUT2D eigenvalue weighted by atomic mass is 10.1. The lowest BCUT2D eigenvalue weighted by Crippen LogP contribution is -2.21. The van der Waals surface area contributed by atoms with Crippen molar-refractivity contribution in [3.05, 3.63) is 46.6 Å². The van der Waals surface area contributed by atoms with Crippen molar-refractivity contribution in [2.75, 3.05) is 57.6 Å². The summed E-state index contributed by atoms with van der Waals surface area (Å²) in [7, 11) is 0. The number of ether oxygens (including phenoxy) is 3. The maximum Gasteiger partial charge on any atom is 0.403 e. The van der Waals surface area contributed by atoms with E-state index >= 15 is 0 Å². The molecule has 0 saturated carbocycles. The van der Waals surface area contributed by atoms with E-state index in [4.69, 9.17) is 21.1 Å². The molecule has 0 aromatic heterocycles. The third-order valence-electron chi connectivity index (χ3n) is 5.94. The summed E-state index contributed by atoms with van der Waals surface area (Å²) in [6, 6.07) is 0. The largest absolute Gasteiger partial charge is 0.458 e. The second-order valence-electron chi connectivity index (χ2n) is 10.5. The van der Waals surface area contributed by atoms with Crippen LogP contribution in [-0.2, 0) is 14.2 Å². The zero-order chi connectivity index (χ0) is 35.3. The number of thiol groups is 1. The number of hydrogen-bond donors (Lipinski definition) is 1. The van der Waals surface area contributed by atoms with Gasteiger partial charge in [-0.25, -0.2) is 9.59 Å². The van der Waals surface area contributed by atoms with Crippen molar-refractivity contribution in [3.8, 4) is 0 Å². The molecule has 1 heterocycles. The van der Waals surface area contributed by atoms with Crippen molar-refractivity contribution in [3.63, 3.8) is 0 Å². The van der Waals surface area contributed by atoms with Crippen molar-refractivity contribution in [1.29, 1.82) is 0 Å². The van der Waals surface area contributed by atoms with E-state index in [1.807, 2.05) is 6.92 Å². The first-order chi connectivity index (χ1) is 21.3. The van der Waals surface area contributed by atoms with Gasteiger partial charge in [0.2, 0.25) is 0 Å². The average Bonchev–Trinajstić information content (AvgIpc) is 3.56. The quantitative estimate of drug-likeness (QED) is 0.0840. The highest BCUT2D eigenvalue weighted by Crippen LogP contribution is 2.11. The molecule has 0 spiro atoms. The minimum Gasteiger partial charge on any atom is -0.458 e. The van der Waals surface area contributed by atoms with E-state index in [9.17, 15) is 9.59 Å². The van der Waals surface area contributed by atoms with Gasteiger partial charge in [0.25, 0.3) is 0 Å². The smallest absolute Gasteiger partial charge is 0.403 e. The van der Waals surface area contributed by atoms with Gasteiger partial charge in [0.15, 0.2) is 0 Å². The predicted octanol–water partition coefficient (Wildman–Crippen LogP) is 11.7. The first kappa shape index (κ1) is 50.7. The van der Waals surface area contributed by atoms with E-state index in [0.29, 0.717) is 19.0 Å². The Kier molecular flexibility index (Phi) is 46.0. The molecule has 1 aliphatic rings. The van der Waals surface area contributed by atoms with Gasteiger partial charge in [-0.3, -0.25) is 0 Å². The summed E-state index contributed by atoms with van der Waals surface area (Å²) in [5.41, 5.74) is 4.79. The molecule has 0 aromatic carbocycles. The second-order valence-corrected chi connectivity index (χ2v) is 12.2. The molecule has 0 atom stereocenters. The zero-order valence-electron chi connectivity index (χ0n) is 30.6. The Morgan fingerprint density at radius 2 is 1.20 bits per heavy atom. The van der Waals surface area contributed by atoms with E-state index < -0.39 is 5.43 Å². The highest BCUT2D eigenvalue weighted by molar-refractivity contribution is 8.13. The fourth-order valence-electron chi connectivity index (χ4n) is 3.24. The summed E-state index contributed by atoms with van der Waals surface area (Å²) >= 11 is 10.1. The monoisotopic (exact) mass is 693 g/mol. The van der Waals surface area contributed by atoms with Gasteiger partial charge in [-0.2, -0.15) is 12.6 Å². The maximum absolute atomic E-state index is 11.0. The molecule has 0 amide bonds. The van der Waals surface area contributed by atoms with Crippen LogP contribution >= 0.6 is 36.0 Å². The molecule has 1 aliphatic heterocycles. The summed E-state index contributed by atoms with van der Waals surface area (Å²) in [6.45, 7) is 29.2. The molecule has 0 aliphatic carbocycles. The Bertz CT molecular complexity index is 784. The molecule has 0 bridgehead atoms. The van der Waals surface area contributed by atoms with Crippen LogP contribution in [-0.4, -0.2) is 73.2 Å². The molecule has 0 N–H and O–H groups in total. The molecule has 6 nitrogen and oxygen atoms in total. The molecule has 0 radical (unpaired) electrons. The minimum atomic E-state index is -0.738. The molecule has 266 valence electrons. The zero-order valence-corrected chi connectivity index (χ0v) is 33.1. The van der Waals surface area contributed by atoms with Gasteiger partial charge in [-0.1, -0.05) is 67.4 Å². The molecule has 1 fully saturated rings. The van der Waals surface area contributed by atoms with E-state index in [1.54, 1.807) is 6.92 Å². The molecular weight excluding hydrogens is 626 g/mol. The molecule has 0 unspecified atom stereocenters. The van der Waals surface area contributed by atoms with Crippen molar-refractivity contribution in [1.82, 2.24) is 4.90 Å². The topological polar surface area (TPSA) is 65.1 Å². The van der Waals surface area contributed by atoms with Gasteiger partial charge < -0.3 is 19.1 Å². The summed E-state index contributed by atoms with van der Waals surface area (Å²) in [5, 5.41) is -0.184. The van der Waals surface area contributed by atoms with Crippen LogP contribution in [0.25, 0.3) is 0 Å². The number of nitrogens with zero attached hydrogens (tertiary/aromatic N) is 1. The Hall–Kier alpha value is -1.19. The highest BCUT2D eigenvalue weighted by Gasteiger charge is 1.99. The lowest BCUT2D eigenvalue weighted by Gasteiger charge is -2.13. The number of carbonyl (C=O) groups excluding carboxylic acids is 2. The third-order valence-corrected chi connectivity index (χ3v) is 6.92. The van der Waals surface area contributed by atoms with Crippen LogP contribution in [0.3, 0.4) is 0 Å². The van der Waals surface area contributed by atoms with Crippen LogP contribution < -0.4 is 0 Å². The Morgan fingerprint density at radius 3 is 1.47 bits per heavy atom. The molecule has 9 heteroatoms. The van der Waals surface area contributed by atoms with Crippen molar-refractivity contribution < 1.29 is 23.8 Å². The SMILES string of the molecule is C1CCOC1.CC(C)=CCC/C(C)=C/CS.CCN(CC)CC.CCOC(=O)Cl.CCOC(=O)SC/C=C(\C)CCC=C(C)C. The van der Waals surface area contributed by atoms with Crippen LogP contribution in [0.15, 0.2) is 46.6 Å². The molecule has 0 aromatic rings.